The van der Waals surface area contributed by atoms with Gasteiger partial charge in [-0.25, -0.2) is 4.63 Å². The third kappa shape index (κ3) is 15.8. The first-order valence-corrected chi connectivity index (χ1v) is 25.2. The van der Waals surface area contributed by atoms with Crippen molar-refractivity contribution in [2.75, 3.05) is 41.3 Å². The Bertz CT molecular complexity index is 2100. The highest BCUT2D eigenvalue weighted by molar-refractivity contribution is 5.76. The lowest BCUT2D eigenvalue weighted by molar-refractivity contribution is -0.344. The van der Waals surface area contributed by atoms with Gasteiger partial charge < -0.3 is 67.4 Å². The van der Waals surface area contributed by atoms with E-state index in [2.05, 4.69) is 10.3 Å². The van der Waals surface area contributed by atoms with E-state index in [1.165, 1.54) is 14.0 Å². The SMILES string of the molecule is CCC(=O)O[C@@H]1CC(=O)O[C@@H](CC=Cc2ccc3nonc3c2)CCCN(C)C[C@H](O)[C@H](C)C[C@H](CC=O)[C@H](O[C@@H]2OC(C)[C@@H](O[C@H]3CC(C)(OC(C)=O)[C@@H](OC(=O)CC)C(C)O3)C(N(C)C)C2O)[C@H]1OC. The smallest absolute Gasteiger partial charge is 0.309 e. The van der Waals surface area contributed by atoms with Gasteiger partial charge in [0, 0.05) is 52.7 Å². The molecule has 2 aromatic rings. The van der Waals surface area contributed by atoms with Gasteiger partial charge in [-0.2, -0.15) is 0 Å². The quantitative estimate of drug-likeness (QED) is 0.136. The van der Waals surface area contributed by atoms with Crippen molar-refractivity contribution in [3.8, 4) is 0 Å². The first kappa shape index (κ1) is 58.4. The number of methoxy groups -OCH3 is 1. The molecule has 0 amide bonds. The average Bonchev–Trinajstić information content (AvgIpc) is 3.78. The first-order chi connectivity index (χ1) is 34.2. The molecule has 0 spiro atoms. The zero-order valence-electron chi connectivity index (χ0n) is 43.7. The number of rotatable bonds is 16. The van der Waals surface area contributed by atoms with Crippen molar-refractivity contribution >= 4 is 47.3 Å². The van der Waals surface area contributed by atoms with Crippen LogP contribution in [0, 0.1) is 11.8 Å². The van der Waals surface area contributed by atoms with Gasteiger partial charge in [0.2, 0.25) is 0 Å². The minimum Gasteiger partial charge on any atom is -0.462 e. The molecule has 0 radical (unpaired) electrons. The minimum absolute atomic E-state index is 0.0279. The van der Waals surface area contributed by atoms with E-state index in [1.54, 1.807) is 59.7 Å². The number of aliphatic hydroxyl groups is 2. The van der Waals surface area contributed by atoms with E-state index in [4.69, 9.17) is 47.3 Å². The van der Waals surface area contributed by atoms with Crippen LogP contribution in [0.3, 0.4) is 0 Å². The Hall–Kier alpha value is -4.45. The van der Waals surface area contributed by atoms with Crippen molar-refractivity contribution in [3.63, 3.8) is 0 Å². The van der Waals surface area contributed by atoms with Crippen molar-refractivity contribution in [1.82, 2.24) is 20.1 Å². The molecule has 3 aliphatic rings. The summed E-state index contributed by atoms with van der Waals surface area (Å²) in [5.41, 5.74) is 0.724. The van der Waals surface area contributed by atoms with Crippen LogP contribution >= 0.6 is 0 Å². The fourth-order valence-corrected chi connectivity index (χ4v) is 10.1. The molecule has 16 atom stereocenters. The highest BCUT2D eigenvalue weighted by Gasteiger charge is 2.54. The van der Waals surface area contributed by atoms with Gasteiger partial charge >= 0.3 is 23.9 Å². The Morgan fingerprint density at radius 3 is 2.33 bits per heavy atom. The molecule has 404 valence electrons. The summed E-state index contributed by atoms with van der Waals surface area (Å²) in [6.07, 6.45) is -6.74. The Morgan fingerprint density at radius 1 is 0.958 bits per heavy atom. The average molecular weight is 1020 g/mol. The van der Waals surface area contributed by atoms with E-state index >= 15 is 0 Å². The van der Waals surface area contributed by atoms with Gasteiger partial charge in [0.05, 0.1) is 36.9 Å². The molecule has 0 saturated carbocycles. The number of carbonyl (C=O) groups is 5. The monoisotopic (exact) mass is 1020 g/mol. The molecule has 5 unspecified atom stereocenters. The second-order valence-corrected chi connectivity index (χ2v) is 19.9. The van der Waals surface area contributed by atoms with Crippen LogP contribution in [0.1, 0.15) is 112 Å². The van der Waals surface area contributed by atoms with Crippen LogP contribution < -0.4 is 0 Å². The van der Waals surface area contributed by atoms with E-state index in [1.807, 2.05) is 43.2 Å². The number of nitrogens with zero attached hydrogens (tertiary/aromatic N) is 4. The third-order valence-electron chi connectivity index (χ3n) is 13.8. The molecular weight excluding hydrogens is 941 g/mol. The molecule has 1 aromatic carbocycles. The van der Waals surface area contributed by atoms with Gasteiger partial charge in [0.1, 0.15) is 47.8 Å². The maximum Gasteiger partial charge on any atom is 0.309 e. The molecule has 21 nitrogen and oxygen atoms in total. The van der Waals surface area contributed by atoms with Crippen molar-refractivity contribution in [3.05, 3.63) is 29.8 Å². The molecule has 1 aromatic heterocycles. The predicted molar refractivity (Wildman–Crippen MR) is 258 cm³/mol. The first-order valence-electron chi connectivity index (χ1n) is 25.2. The maximum absolute atomic E-state index is 14.1. The number of aldehydes is 1. The molecular formula is C51H78N4O17. The lowest BCUT2D eigenvalue weighted by Crippen LogP contribution is -2.66. The Kier molecular flexibility index (Phi) is 22.1. The summed E-state index contributed by atoms with van der Waals surface area (Å²) in [5.74, 6) is -3.51. The van der Waals surface area contributed by atoms with Crippen LogP contribution in [0.15, 0.2) is 28.9 Å². The second-order valence-electron chi connectivity index (χ2n) is 19.9. The maximum atomic E-state index is 14.1. The Balaban J connectivity index is 1.46. The van der Waals surface area contributed by atoms with E-state index in [0.717, 1.165) is 11.8 Å². The van der Waals surface area contributed by atoms with Crippen molar-refractivity contribution < 1.29 is 81.4 Å². The Labute approximate surface area is 422 Å². The summed E-state index contributed by atoms with van der Waals surface area (Å²) >= 11 is 0. The fourth-order valence-electron chi connectivity index (χ4n) is 10.1. The summed E-state index contributed by atoms with van der Waals surface area (Å²) in [7, 11) is 6.77. The molecule has 0 bridgehead atoms. The van der Waals surface area contributed by atoms with Gasteiger partial charge in [-0.3, -0.25) is 19.2 Å². The molecule has 0 aliphatic carbocycles. The van der Waals surface area contributed by atoms with Gasteiger partial charge in [-0.1, -0.05) is 39.0 Å². The second kappa shape index (κ2) is 27.2. The number of hydrogen-bond acceptors (Lipinski definition) is 21. The minimum atomic E-state index is -1.45. The molecule has 3 saturated heterocycles. The number of fused-ring (bicyclic) bond motifs is 1. The zero-order valence-corrected chi connectivity index (χ0v) is 43.7. The summed E-state index contributed by atoms with van der Waals surface area (Å²) in [4.78, 5) is 68.6. The van der Waals surface area contributed by atoms with Crippen molar-refractivity contribution in [2.45, 2.75) is 192 Å². The number of carbonyl (C=O) groups excluding carboxylic acids is 5. The summed E-state index contributed by atoms with van der Waals surface area (Å²) in [6, 6.07) is 4.66. The van der Waals surface area contributed by atoms with Crippen LogP contribution in [-0.2, 0) is 66.6 Å². The molecule has 5 rings (SSSR count). The number of benzene rings is 1. The predicted octanol–water partition coefficient (Wildman–Crippen LogP) is 4.17. The van der Waals surface area contributed by atoms with Gasteiger partial charge in [0.15, 0.2) is 24.3 Å². The van der Waals surface area contributed by atoms with Gasteiger partial charge in [-0.05, 0) is 108 Å². The number of hydrogen-bond donors (Lipinski definition) is 2. The molecule has 3 fully saturated rings. The Morgan fingerprint density at radius 2 is 1.67 bits per heavy atom. The standard InChI is InChI=1S/C51H78N4O17/c1-12-40(59)67-39-26-42(61)66-35(17-14-16-33-19-20-36-37(25-33)53-72-52-36)18-15-22-55(10)28-38(58)29(3)24-34(21-23-56)47(48(39)63-11)70-50-45(62)44(54(8)9)46(30(4)65-50)69-43-27-51(7,71-32(6)57)49(31(5)64-43)68-41(60)13-2/h14,16,19-20,23,25,29-31,34-35,38-39,43-50,58,62H,12-13,15,17-18,21-22,24,26-28H2,1-11H3/t29-,30?,31?,34+,35+,38+,39-,43+,44?,45?,46-,47+,48+,49+,50+,51?/m1/s1. The highest BCUT2D eigenvalue weighted by Crippen LogP contribution is 2.39. The molecule has 4 heterocycles. The molecule has 21 heteroatoms. The number of aliphatic hydroxyl groups excluding tert-OH is 2. The third-order valence-corrected chi connectivity index (χ3v) is 13.8. The summed E-state index contributed by atoms with van der Waals surface area (Å²) in [6.45, 7) is 12.4. The van der Waals surface area contributed by atoms with Crippen LogP contribution in [0.5, 0.6) is 0 Å². The molecule has 2 N–H and O–H groups in total. The highest BCUT2D eigenvalue weighted by atomic mass is 16.7. The number of β-amino-alcohol motifs (C(OH)–C–C–N with tert-alkyl or cyclic N) is 1. The number of esters is 4. The lowest BCUT2D eigenvalue weighted by Gasteiger charge is -2.50. The van der Waals surface area contributed by atoms with Crippen molar-refractivity contribution in [1.29, 1.82) is 0 Å². The largest absolute Gasteiger partial charge is 0.462 e. The van der Waals surface area contributed by atoms with Crippen LogP contribution in [0.4, 0.5) is 0 Å². The van der Waals surface area contributed by atoms with Gasteiger partial charge in [0.25, 0.3) is 0 Å². The number of aromatic nitrogens is 2. The zero-order chi connectivity index (χ0) is 52.9. The van der Waals surface area contributed by atoms with Crippen LogP contribution in [0.25, 0.3) is 17.1 Å². The fraction of sp³-hybridized carbons (Fsp3) is 0.745. The summed E-state index contributed by atoms with van der Waals surface area (Å²) in [5, 5.41) is 31.8. The lowest BCUT2D eigenvalue weighted by atomic mass is 9.82. The normalized spacial score (nSPS) is 34.9. The van der Waals surface area contributed by atoms with Gasteiger partial charge in [-0.15, -0.1) is 0 Å². The van der Waals surface area contributed by atoms with Crippen LogP contribution in [-0.4, -0.2) is 187 Å². The number of ether oxygens (including phenoxy) is 9. The number of cyclic esters (lactones) is 1. The topological polar surface area (TPSA) is 254 Å². The van der Waals surface area contributed by atoms with E-state index in [0.29, 0.717) is 43.4 Å². The van der Waals surface area contributed by atoms with Crippen molar-refractivity contribution in [2.24, 2.45) is 11.8 Å². The molecule has 72 heavy (non-hydrogen) atoms. The summed E-state index contributed by atoms with van der Waals surface area (Å²) < 4.78 is 60.8. The molecule has 3 aliphatic heterocycles. The van der Waals surface area contributed by atoms with Crippen LogP contribution in [0.2, 0.25) is 0 Å². The van der Waals surface area contributed by atoms with E-state index in [-0.39, 0.29) is 32.1 Å². The number of likely N-dealkylation sites (N-methyl/N-ethyl adjacent to an activating group) is 2. The van der Waals surface area contributed by atoms with E-state index in [9.17, 15) is 34.2 Å². The van der Waals surface area contributed by atoms with E-state index < -0.39 is 127 Å².